The Morgan fingerprint density at radius 1 is 1.45 bits per heavy atom. The van der Waals surface area contributed by atoms with E-state index in [1.807, 2.05) is 0 Å². The molecule has 4 heteroatoms. The first-order chi connectivity index (χ1) is 5.20. The molecule has 0 heterocycles. The second-order valence-corrected chi connectivity index (χ2v) is 2.89. The number of hydrogen-bond acceptors (Lipinski definition) is 2. The van der Waals surface area contributed by atoms with Gasteiger partial charge in [0.1, 0.15) is 0 Å². The molecule has 0 saturated heterocycles. The molecule has 57 valence electrons. The molecule has 0 aromatic heterocycles. The predicted octanol–water partition coefficient (Wildman–Crippen LogP) is 2.01. The number of carbonyl (C=O) groups excluding carboxylic acids is 1. The summed E-state index contributed by atoms with van der Waals surface area (Å²) >= 11 is 7.87. The van der Waals surface area contributed by atoms with E-state index < -0.39 is 4.87 Å². The molecule has 0 unspecified atom stereocenters. The fourth-order valence-corrected chi connectivity index (χ4v) is 0.980. The topological polar surface area (TPSA) is 26.3 Å². The molecule has 11 heavy (non-hydrogen) atoms. The molecule has 1 aromatic carbocycles. The third-order valence-corrected chi connectivity index (χ3v) is 1.52. The Balaban J connectivity index is 2.86. The van der Waals surface area contributed by atoms with Crippen LogP contribution in [-0.4, -0.2) is 20.9 Å². The molecule has 0 amide bonds. The average Bonchev–Trinajstić information content (AvgIpc) is 1.93. The third kappa shape index (κ3) is 2.54. The summed E-state index contributed by atoms with van der Waals surface area (Å²) in [6, 6.07) is 6.78. The molecular formula is C7H4ClO2Se. The minimum atomic E-state index is -0.488. The summed E-state index contributed by atoms with van der Waals surface area (Å²) in [6.45, 7) is 0. The van der Waals surface area contributed by atoms with Crippen molar-refractivity contribution in [2.45, 2.75) is 0 Å². The van der Waals surface area contributed by atoms with E-state index in [0.29, 0.717) is 10.8 Å². The van der Waals surface area contributed by atoms with Gasteiger partial charge in [0.2, 0.25) is 0 Å². The zero-order valence-electron chi connectivity index (χ0n) is 5.41. The van der Waals surface area contributed by atoms with Crippen LogP contribution in [0.15, 0.2) is 24.3 Å². The molecule has 2 nitrogen and oxygen atoms in total. The number of benzene rings is 1. The first kappa shape index (κ1) is 8.59. The maximum atomic E-state index is 10.4. The Hall–Kier alpha value is -0.501. The number of hydrogen-bond donors (Lipinski definition) is 0. The summed E-state index contributed by atoms with van der Waals surface area (Å²) in [5.74, 6) is 0.373. The van der Waals surface area contributed by atoms with Gasteiger partial charge in [-0.1, -0.05) is 0 Å². The number of rotatable bonds is 1. The number of halogens is 1. The molecule has 0 saturated carbocycles. The molecule has 0 aliphatic rings. The van der Waals surface area contributed by atoms with Crippen LogP contribution < -0.4 is 4.74 Å². The quantitative estimate of drug-likeness (QED) is 0.695. The summed E-state index contributed by atoms with van der Waals surface area (Å²) in [4.78, 5) is 9.94. The van der Waals surface area contributed by atoms with Crippen LogP contribution in [0.2, 0.25) is 5.02 Å². The summed E-state index contributed by atoms with van der Waals surface area (Å²) in [7, 11) is 0. The van der Waals surface area contributed by atoms with Crippen molar-refractivity contribution in [3.05, 3.63) is 29.3 Å². The van der Waals surface area contributed by atoms with Crippen LogP contribution in [0.5, 0.6) is 5.75 Å². The first-order valence-electron chi connectivity index (χ1n) is 2.83. The summed E-state index contributed by atoms with van der Waals surface area (Å²) < 4.78 is 4.72. The van der Waals surface area contributed by atoms with Gasteiger partial charge in [-0.05, 0) is 0 Å². The molecular weight excluding hydrogens is 230 g/mol. The van der Waals surface area contributed by atoms with Crippen molar-refractivity contribution in [3.63, 3.8) is 0 Å². The van der Waals surface area contributed by atoms with E-state index in [-0.39, 0.29) is 0 Å². The van der Waals surface area contributed by atoms with E-state index >= 15 is 0 Å². The fraction of sp³-hybridized carbons (Fsp3) is 0. The Morgan fingerprint density at radius 2 is 2.09 bits per heavy atom. The number of ether oxygens (including phenoxy) is 1. The van der Waals surface area contributed by atoms with Crippen molar-refractivity contribution in [1.29, 1.82) is 0 Å². The zero-order chi connectivity index (χ0) is 8.27. The fourth-order valence-electron chi connectivity index (χ4n) is 0.617. The number of carbonyl (C=O) groups is 1. The van der Waals surface area contributed by atoms with E-state index in [4.69, 9.17) is 16.3 Å². The van der Waals surface area contributed by atoms with Crippen LogP contribution in [0.25, 0.3) is 0 Å². The summed E-state index contributed by atoms with van der Waals surface area (Å²) in [5.41, 5.74) is 0. The van der Waals surface area contributed by atoms with Gasteiger partial charge in [-0.3, -0.25) is 0 Å². The molecule has 0 aliphatic carbocycles. The molecule has 1 aromatic rings. The van der Waals surface area contributed by atoms with E-state index in [1.54, 1.807) is 24.3 Å². The van der Waals surface area contributed by atoms with Crippen LogP contribution >= 0.6 is 11.6 Å². The second-order valence-electron chi connectivity index (χ2n) is 1.78. The van der Waals surface area contributed by atoms with E-state index in [2.05, 4.69) is 16.0 Å². The monoisotopic (exact) mass is 235 g/mol. The summed E-state index contributed by atoms with van der Waals surface area (Å²) in [6.07, 6.45) is 0. The van der Waals surface area contributed by atoms with Gasteiger partial charge >= 0.3 is 77.1 Å². The van der Waals surface area contributed by atoms with Crippen molar-refractivity contribution in [3.8, 4) is 5.75 Å². The van der Waals surface area contributed by atoms with E-state index in [1.165, 1.54) is 0 Å². The molecule has 0 bridgehead atoms. The Labute approximate surface area is 77.3 Å². The Morgan fingerprint density at radius 3 is 2.64 bits per heavy atom. The van der Waals surface area contributed by atoms with Gasteiger partial charge in [0.05, 0.1) is 0 Å². The van der Waals surface area contributed by atoms with E-state index in [9.17, 15) is 4.79 Å². The van der Waals surface area contributed by atoms with Crippen LogP contribution in [0.4, 0.5) is 4.79 Å². The van der Waals surface area contributed by atoms with Gasteiger partial charge in [0.15, 0.2) is 0 Å². The number of para-hydroxylation sites is 1. The Kier molecular flexibility index (Phi) is 2.94. The van der Waals surface area contributed by atoms with Gasteiger partial charge in [-0.15, -0.1) is 0 Å². The SMILES string of the molecule is O=C([Se])Oc1ccccc1Cl. The van der Waals surface area contributed by atoms with Gasteiger partial charge < -0.3 is 0 Å². The van der Waals surface area contributed by atoms with Crippen molar-refractivity contribution in [2.24, 2.45) is 0 Å². The van der Waals surface area contributed by atoms with Crippen molar-refractivity contribution < 1.29 is 9.53 Å². The van der Waals surface area contributed by atoms with Gasteiger partial charge in [-0.25, -0.2) is 0 Å². The average molecular weight is 235 g/mol. The minimum absolute atomic E-state index is 0.373. The third-order valence-electron chi connectivity index (χ3n) is 1.03. The second kappa shape index (κ2) is 3.77. The normalized spacial score (nSPS) is 9.18. The molecule has 1 radical (unpaired) electrons. The molecule has 0 spiro atoms. The molecule has 0 atom stereocenters. The Bertz CT molecular complexity index is 275. The van der Waals surface area contributed by atoms with Crippen molar-refractivity contribution in [1.82, 2.24) is 0 Å². The van der Waals surface area contributed by atoms with Crippen LogP contribution in [0.1, 0.15) is 0 Å². The molecule has 0 aliphatic heterocycles. The van der Waals surface area contributed by atoms with Gasteiger partial charge in [-0.2, -0.15) is 0 Å². The standard InChI is InChI=1S/C7H4ClO2Se/c8-5-3-1-2-4-6(5)10-7(9)11/h1-4H. The van der Waals surface area contributed by atoms with Crippen LogP contribution in [0, 0.1) is 0 Å². The van der Waals surface area contributed by atoms with E-state index in [0.717, 1.165) is 0 Å². The van der Waals surface area contributed by atoms with Crippen molar-refractivity contribution >= 4 is 32.5 Å². The maximum absolute atomic E-state index is 10.4. The molecule has 1 rings (SSSR count). The van der Waals surface area contributed by atoms with Gasteiger partial charge in [0, 0.05) is 0 Å². The predicted molar refractivity (Wildman–Crippen MR) is 43.2 cm³/mol. The zero-order valence-corrected chi connectivity index (χ0v) is 7.88. The van der Waals surface area contributed by atoms with Crippen LogP contribution in [-0.2, 0) is 0 Å². The van der Waals surface area contributed by atoms with Crippen molar-refractivity contribution in [2.75, 3.05) is 0 Å². The molecule has 0 N–H and O–H groups in total. The summed E-state index contributed by atoms with van der Waals surface area (Å²) in [5, 5.41) is 0.427. The first-order valence-corrected chi connectivity index (χ1v) is 4.07. The molecule has 0 fully saturated rings. The van der Waals surface area contributed by atoms with Crippen LogP contribution in [0.3, 0.4) is 0 Å². The van der Waals surface area contributed by atoms with Gasteiger partial charge in [0.25, 0.3) is 0 Å².